The highest BCUT2D eigenvalue weighted by Gasteiger charge is 2.45. The summed E-state index contributed by atoms with van der Waals surface area (Å²) >= 11 is 0. The molecule has 1 saturated carbocycles. The second-order valence-corrected chi connectivity index (χ2v) is 11.9. The molecule has 2 atom stereocenters. The van der Waals surface area contributed by atoms with E-state index in [-0.39, 0.29) is 18.4 Å². The minimum Gasteiger partial charge on any atom is -0.335 e. The highest BCUT2D eigenvalue weighted by atomic mass is 19.4. The van der Waals surface area contributed by atoms with E-state index in [1.807, 2.05) is 54.3 Å². The van der Waals surface area contributed by atoms with Crippen LogP contribution in [0.1, 0.15) is 63.1 Å². The van der Waals surface area contributed by atoms with Crippen molar-refractivity contribution in [3.63, 3.8) is 0 Å². The molecule has 0 spiro atoms. The summed E-state index contributed by atoms with van der Waals surface area (Å²) in [6.45, 7) is 19.1. The van der Waals surface area contributed by atoms with Gasteiger partial charge in [-0.1, -0.05) is 101 Å². The Hall–Kier alpha value is -4.24. The van der Waals surface area contributed by atoms with Crippen LogP contribution in [0.4, 0.5) is 13.2 Å². The first kappa shape index (κ1) is 35.6. The molecule has 47 heavy (non-hydrogen) atoms. The number of alkyl halides is 3. The molecule has 250 valence electrons. The first-order valence-electron chi connectivity index (χ1n) is 16.4. The first-order chi connectivity index (χ1) is 22.5. The van der Waals surface area contributed by atoms with Crippen molar-refractivity contribution in [1.82, 2.24) is 14.8 Å². The highest BCUT2D eigenvalue weighted by Crippen LogP contribution is 2.49. The summed E-state index contributed by atoms with van der Waals surface area (Å²) in [4.78, 5) is 23.1. The first-order valence-corrected chi connectivity index (χ1v) is 16.4. The molecule has 9 heteroatoms. The lowest BCUT2D eigenvalue weighted by Gasteiger charge is -2.31. The zero-order chi connectivity index (χ0) is 34.1. The van der Waals surface area contributed by atoms with Crippen molar-refractivity contribution in [3.05, 3.63) is 114 Å². The summed E-state index contributed by atoms with van der Waals surface area (Å²) in [7, 11) is 0. The summed E-state index contributed by atoms with van der Waals surface area (Å²) in [5.74, 6) is 1.23. The van der Waals surface area contributed by atoms with E-state index in [9.17, 15) is 18.0 Å². The third-order valence-corrected chi connectivity index (χ3v) is 8.79. The van der Waals surface area contributed by atoms with Crippen molar-refractivity contribution in [2.75, 3.05) is 32.7 Å². The average molecular weight is 646 g/mol. The van der Waals surface area contributed by atoms with Crippen molar-refractivity contribution < 1.29 is 18.0 Å². The molecule has 0 saturated heterocycles. The Morgan fingerprint density at radius 3 is 2.28 bits per heavy atom. The van der Waals surface area contributed by atoms with E-state index in [2.05, 4.69) is 44.0 Å². The summed E-state index contributed by atoms with van der Waals surface area (Å²) in [6.07, 6.45) is 0.634. The third-order valence-electron chi connectivity index (χ3n) is 8.79. The molecule has 1 aliphatic carbocycles. The van der Waals surface area contributed by atoms with Crippen LogP contribution < -0.4 is 0 Å². The molecule has 1 fully saturated rings. The molecule has 0 N–H and O–H groups in total. The van der Waals surface area contributed by atoms with Gasteiger partial charge in [-0.15, -0.1) is 0 Å². The molecular weight excluding hydrogens is 599 g/mol. The largest absolute Gasteiger partial charge is 0.416 e. The van der Waals surface area contributed by atoms with Crippen LogP contribution in [-0.2, 0) is 11.3 Å². The molecule has 1 heterocycles. The van der Waals surface area contributed by atoms with Gasteiger partial charge < -0.3 is 9.80 Å². The maximum absolute atomic E-state index is 14.1. The maximum Gasteiger partial charge on any atom is 0.416 e. The molecule has 0 bridgehead atoms. The summed E-state index contributed by atoms with van der Waals surface area (Å²) in [5.41, 5.74) is 4.04. The molecule has 4 rings (SSSR count). The highest BCUT2D eigenvalue weighted by molar-refractivity contribution is 6.06. The number of benzene rings is 2. The van der Waals surface area contributed by atoms with Crippen molar-refractivity contribution >= 4 is 23.0 Å². The van der Waals surface area contributed by atoms with Gasteiger partial charge in [0, 0.05) is 25.6 Å². The maximum atomic E-state index is 14.1. The van der Waals surface area contributed by atoms with Gasteiger partial charge in [0.1, 0.15) is 12.4 Å². The number of amides is 1. The van der Waals surface area contributed by atoms with Crippen LogP contribution in [0.5, 0.6) is 0 Å². The van der Waals surface area contributed by atoms with E-state index in [1.165, 1.54) is 18.6 Å². The zero-order valence-corrected chi connectivity index (χ0v) is 27.9. The van der Waals surface area contributed by atoms with Crippen LogP contribution in [0, 0.1) is 5.92 Å². The van der Waals surface area contributed by atoms with Crippen molar-refractivity contribution in [2.45, 2.75) is 59.2 Å². The van der Waals surface area contributed by atoms with Gasteiger partial charge in [0.15, 0.2) is 0 Å². The topological polar surface area (TPSA) is 51.5 Å². The minimum atomic E-state index is -4.42. The lowest BCUT2D eigenvalue weighted by molar-refractivity contribution is -0.132. The molecule has 6 nitrogen and oxygen atoms in total. The second kappa shape index (κ2) is 16.0. The molecule has 2 aromatic carbocycles. The quantitative estimate of drug-likeness (QED) is 0.184. The number of nitrogens with zero attached hydrogens (tertiary/aromatic N) is 5. The number of amidine groups is 1. The SMILES string of the molecule is C=C1N=C(C2CC2c2ccccc2)N(CC(=O)N(CCN(CC)CC)Cc2ccc(C(=C)/C=C\C(=C/C)C(F)(F)F)cc2)N=C1CC. The Bertz CT molecular complexity index is 1540. The number of hydrogen-bond donors (Lipinski definition) is 0. The monoisotopic (exact) mass is 645 g/mol. The molecule has 1 amide bonds. The van der Waals surface area contributed by atoms with Gasteiger partial charge in [-0.3, -0.25) is 4.79 Å². The number of carbonyl (C=O) groups excluding carboxylic acids is 1. The number of rotatable bonds is 15. The van der Waals surface area contributed by atoms with Gasteiger partial charge in [-0.05, 0) is 67.1 Å². The summed E-state index contributed by atoms with van der Waals surface area (Å²) in [5, 5.41) is 6.65. The Labute approximate surface area is 277 Å². The number of hydrogen-bond acceptors (Lipinski definition) is 5. The van der Waals surface area contributed by atoms with E-state index >= 15 is 0 Å². The van der Waals surface area contributed by atoms with Gasteiger partial charge in [0.2, 0.25) is 5.91 Å². The van der Waals surface area contributed by atoms with Crippen molar-refractivity contribution in [3.8, 4) is 0 Å². The molecule has 2 aliphatic rings. The van der Waals surface area contributed by atoms with Crippen molar-refractivity contribution in [2.24, 2.45) is 16.0 Å². The normalized spacial score (nSPS) is 18.4. The molecule has 0 radical (unpaired) electrons. The van der Waals surface area contributed by atoms with Crippen LogP contribution in [0.25, 0.3) is 5.57 Å². The van der Waals surface area contributed by atoms with Gasteiger partial charge in [0.05, 0.1) is 17.0 Å². The molecule has 0 aromatic heterocycles. The fraction of sp³-hybridized carbons (Fsp3) is 0.395. The van der Waals surface area contributed by atoms with Gasteiger partial charge >= 0.3 is 6.18 Å². The predicted molar refractivity (Wildman–Crippen MR) is 186 cm³/mol. The summed E-state index contributed by atoms with van der Waals surface area (Å²) in [6, 6.07) is 17.8. The van der Waals surface area contributed by atoms with Gasteiger partial charge in [0.25, 0.3) is 0 Å². The number of hydrazone groups is 1. The standard InChI is InChI=1S/C38H46F3N5O/c1-7-32(38(39,40)41)21-16-27(5)30-19-17-29(18-20-30)25-45(23-22-44(9-3)10-4)36(47)26-46-37(42-28(6)35(8-2)43-46)34-24-33(34)31-14-12-11-13-15-31/h7,11-21,33-34H,5-6,8-10,22-26H2,1-4H3/b21-16-,32-7+. The van der Waals surface area contributed by atoms with Crippen molar-refractivity contribution in [1.29, 1.82) is 0 Å². The molecule has 2 aromatic rings. The van der Waals surface area contributed by atoms with Gasteiger partial charge in [-0.2, -0.15) is 18.3 Å². The lowest BCUT2D eigenvalue weighted by Crippen LogP contribution is -2.45. The van der Waals surface area contributed by atoms with E-state index in [4.69, 9.17) is 10.1 Å². The fourth-order valence-corrected chi connectivity index (χ4v) is 5.74. The van der Waals surface area contributed by atoms with Crippen LogP contribution >= 0.6 is 0 Å². The Morgan fingerprint density at radius 2 is 1.68 bits per heavy atom. The van der Waals surface area contributed by atoms with E-state index in [0.717, 1.165) is 55.3 Å². The number of likely N-dealkylation sites (N-methyl/N-ethyl adjacent to an activating group) is 1. The lowest BCUT2D eigenvalue weighted by atomic mass is 10.0. The van der Waals surface area contributed by atoms with Crippen LogP contribution in [0.3, 0.4) is 0 Å². The Morgan fingerprint density at radius 1 is 1.00 bits per heavy atom. The number of halogens is 3. The van der Waals surface area contributed by atoms with Gasteiger partial charge in [-0.25, -0.2) is 10.0 Å². The fourth-order valence-electron chi connectivity index (χ4n) is 5.74. The molecular formula is C38H46F3N5O. The van der Waals surface area contributed by atoms with Crippen LogP contribution in [0.15, 0.2) is 107 Å². The molecule has 2 unspecified atom stereocenters. The van der Waals surface area contributed by atoms with E-state index in [1.54, 1.807) is 5.01 Å². The third kappa shape index (κ3) is 9.41. The number of aliphatic imine (C=N–C) groups is 1. The number of carbonyl (C=O) groups is 1. The van der Waals surface area contributed by atoms with Crippen LogP contribution in [0.2, 0.25) is 0 Å². The zero-order valence-electron chi connectivity index (χ0n) is 27.9. The summed E-state index contributed by atoms with van der Waals surface area (Å²) < 4.78 is 39.4. The predicted octanol–water partition coefficient (Wildman–Crippen LogP) is 8.23. The molecule has 1 aliphatic heterocycles. The Balaban J connectivity index is 1.51. The minimum absolute atomic E-state index is 0.0593. The van der Waals surface area contributed by atoms with E-state index < -0.39 is 11.7 Å². The smallest absolute Gasteiger partial charge is 0.335 e. The van der Waals surface area contributed by atoms with E-state index in [0.29, 0.717) is 42.3 Å². The average Bonchev–Trinajstić information content (AvgIpc) is 3.86. The Kier molecular flexibility index (Phi) is 12.2. The van der Waals surface area contributed by atoms with Crippen LogP contribution in [-0.4, -0.2) is 71.2 Å². The number of allylic oxidation sites excluding steroid dienone is 6. The second-order valence-electron chi connectivity index (χ2n) is 11.9.